The third kappa shape index (κ3) is 4.79. The van der Waals surface area contributed by atoms with E-state index in [0.717, 1.165) is 31.5 Å². The summed E-state index contributed by atoms with van der Waals surface area (Å²) in [5.74, 6) is 0.0485. The minimum atomic E-state index is -0.489. The number of carbonyl (C=O) groups excluding carboxylic acids is 1. The Bertz CT molecular complexity index is 1130. The van der Waals surface area contributed by atoms with Crippen LogP contribution in [0.2, 0.25) is 5.02 Å². The maximum Gasteiger partial charge on any atom is 0.262 e. The Morgan fingerprint density at radius 2 is 1.94 bits per heavy atom. The molecule has 162 valence electrons. The Hall–Kier alpha value is -2.35. The van der Waals surface area contributed by atoms with Crippen LogP contribution in [0.4, 0.5) is 0 Å². The van der Waals surface area contributed by atoms with Gasteiger partial charge < -0.3 is 9.64 Å². The van der Waals surface area contributed by atoms with Crippen molar-refractivity contribution in [1.82, 2.24) is 14.5 Å². The second kappa shape index (κ2) is 9.85. The van der Waals surface area contributed by atoms with Crippen molar-refractivity contribution in [3.05, 3.63) is 69.5 Å². The lowest BCUT2D eigenvalue weighted by Crippen LogP contribution is -2.32. The largest absolute Gasteiger partial charge is 0.383 e. The van der Waals surface area contributed by atoms with Gasteiger partial charge in [0.2, 0.25) is 5.91 Å². The lowest BCUT2D eigenvalue weighted by molar-refractivity contribution is -0.129. The molecule has 1 aliphatic heterocycles. The van der Waals surface area contributed by atoms with Crippen LogP contribution >= 0.6 is 23.4 Å². The number of ether oxygens (including phenoxy) is 1. The van der Waals surface area contributed by atoms with Crippen molar-refractivity contribution in [2.45, 2.75) is 29.8 Å². The summed E-state index contributed by atoms with van der Waals surface area (Å²) in [6.07, 6.45) is 2.03. The van der Waals surface area contributed by atoms with Crippen LogP contribution < -0.4 is 5.56 Å². The topological polar surface area (TPSA) is 64.4 Å². The fourth-order valence-electron chi connectivity index (χ4n) is 3.74. The molecule has 1 saturated heterocycles. The summed E-state index contributed by atoms with van der Waals surface area (Å²) >= 11 is 7.46. The van der Waals surface area contributed by atoms with E-state index in [2.05, 4.69) is 0 Å². The van der Waals surface area contributed by atoms with Crippen LogP contribution in [0.3, 0.4) is 0 Å². The first-order chi connectivity index (χ1) is 15.1. The number of halogens is 1. The molecule has 0 saturated carbocycles. The molecule has 31 heavy (non-hydrogen) atoms. The summed E-state index contributed by atoms with van der Waals surface area (Å²) in [6.45, 7) is 2.24. The standard InChI is InChI=1S/C23H24ClN3O3S/c1-30-14-13-27-21(28)18-10-9-17(24)15-19(18)25-23(27)31-20(16-7-3-2-4-8-16)22(29)26-11-5-6-12-26/h2-4,7-10,15,20H,5-6,11-14H2,1H3. The third-order valence-corrected chi connectivity index (χ3v) is 6.84. The average molecular weight is 458 g/mol. The third-order valence-electron chi connectivity index (χ3n) is 5.37. The fraction of sp³-hybridized carbons (Fsp3) is 0.348. The SMILES string of the molecule is COCCn1c(SC(C(=O)N2CCCC2)c2ccccc2)nc2cc(Cl)ccc2c1=O. The predicted molar refractivity (Wildman–Crippen MR) is 124 cm³/mol. The van der Waals surface area contributed by atoms with Gasteiger partial charge in [-0.1, -0.05) is 53.7 Å². The van der Waals surface area contributed by atoms with Crippen LogP contribution in [0.5, 0.6) is 0 Å². The van der Waals surface area contributed by atoms with Gasteiger partial charge in [-0.25, -0.2) is 4.98 Å². The number of rotatable bonds is 7. The zero-order chi connectivity index (χ0) is 21.8. The van der Waals surface area contributed by atoms with Gasteiger partial charge in [0.05, 0.1) is 24.1 Å². The van der Waals surface area contributed by atoms with E-state index in [4.69, 9.17) is 21.3 Å². The molecule has 1 unspecified atom stereocenters. The van der Waals surface area contributed by atoms with Gasteiger partial charge in [0.1, 0.15) is 5.25 Å². The van der Waals surface area contributed by atoms with Crippen LogP contribution in [-0.4, -0.2) is 47.2 Å². The molecule has 2 heterocycles. The van der Waals surface area contributed by atoms with Crippen molar-refractivity contribution >= 4 is 40.2 Å². The molecule has 2 aromatic carbocycles. The molecule has 1 atom stereocenters. The number of methoxy groups -OCH3 is 1. The summed E-state index contributed by atoms with van der Waals surface area (Å²) in [5.41, 5.74) is 1.25. The van der Waals surface area contributed by atoms with Gasteiger partial charge >= 0.3 is 0 Å². The number of amides is 1. The minimum Gasteiger partial charge on any atom is -0.383 e. The molecule has 1 amide bonds. The van der Waals surface area contributed by atoms with E-state index in [1.165, 1.54) is 11.8 Å². The number of hydrogen-bond acceptors (Lipinski definition) is 5. The summed E-state index contributed by atoms with van der Waals surface area (Å²) in [5, 5.41) is 1.000. The predicted octanol–water partition coefficient (Wildman–Crippen LogP) is 4.15. The van der Waals surface area contributed by atoms with Gasteiger partial charge in [-0.15, -0.1) is 0 Å². The Kier molecular flexibility index (Phi) is 6.95. The molecule has 0 radical (unpaired) electrons. The van der Waals surface area contributed by atoms with Crippen molar-refractivity contribution < 1.29 is 9.53 Å². The van der Waals surface area contributed by atoms with Crippen molar-refractivity contribution in [2.24, 2.45) is 0 Å². The fourth-order valence-corrected chi connectivity index (χ4v) is 5.11. The van der Waals surface area contributed by atoms with Crippen LogP contribution in [0.15, 0.2) is 58.5 Å². The summed E-state index contributed by atoms with van der Waals surface area (Å²) in [4.78, 5) is 33.3. The first-order valence-corrected chi connectivity index (χ1v) is 11.5. The Labute approximate surface area is 190 Å². The number of nitrogens with zero attached hydrogens (tertiary/aromatic N) is 3. The highest BCUT2D eigenvalue weighted by atomic mass is 35.5. The number of thioether (sulfide) groups is 1. The normalized spacial score (nSPS) is 14.8. The molecule has 6 nitrogen and oxygen atoms in total. The minimum absolute atomic E-state index is 0.0485. The molecule has 3 aromatic rings. The molecular weight excluding hydrogens is 434 g/mol. The number of fused-ring (bicyclic) bond motifs is 1. The van der Waals surface area contributed by atoms with Crippen molar-refractivity contribution in [3.8, 4) is 0 Å². The van der Waals surface area contributed by atoms with Crippen LogP contribution in [0.25, 0.3) is 10.9 Å². The zero-order valence-corrected chi connectivity index (χ0v) is 18.9. The average Bonchev–Trinajstić information content (AvgIpc) is 3.32. The van der Waals surface area contributed by atoms with E-state index >= 15 is 0 Å². The second-order valence-electron chi connectivity index (χ2n) is 7.45. The highest BCUT2D eigenvalue weighted by Crippen LogP contribution is 2.37. The van der Waals surface area contributed by atoms with E-state index < -0.39 is 5.25 Å². The molecule has 1 fully saturated rings. The highest BCUT2D eigenvalue weighted by Gasteiger charge is 2.30. The van der Waals surface area contributed by atoms with Gasteiger partial charge in [-0.3, -0.25) is 14.2 Å². The molecule has 0 aliphatic carbocycles. The first kappa shape index (κ1) is 21.9. The summed E-state index contributed by atoms with van der Waals surface area (Å²) < 4.78 is 6.81. The second-order valence-corrected chi connectivity index (χ2v) is 8.96. The molecule has 4 rings (SSSR count). The van der Waals surface area contributed by atoms with E-state index in [1.54, 1.807) is 29.9 Å². The van der Waals surface area contributed by atoms with Gasteiger partial charge in [-0.05, 0) is 36.6 Å². The molecule has 1 aromatic heterocycles. The van der Waals surface area contributed by atoms with E-state index in [0.29, 0.717) is 34.2 Å². The monoisotopic (exact) mass is 457 g/mol. The van der Waals surface area contributed by atoms with Gasteiger partial charge in [0.15, 0.2) is 5.16 Å². The van der Waals surface area contributed by atoms with Crippen molar-refractivity contribution in [3.63, 3.8) is 0 Å². The van der Waals surface area contributed by atoms with Gasteiger partial charge in [0.25, 0.3) is 5.56 Å². The highest BCUT2D eigenvalue weighted by molar-refractivity contribution is 8.00. The number of aromatic nitrogens is 2. The van der Waals surface area contributed by atoms with Crippen molar-refractivity contribution in [1.29, 1.82) is 0 Å². The van der Waals surface area contributed by atoms with E-state index in [-0.39, 0.29) is 11.5 Å². The Balaban J connectivity index is 1.80. The Morgan fingerprint density at radius 3 is 2.65 bits per heavy atom. The van der Waals surface area contributed by atoms with Crippen molar-refractivity contribution in [2.75, 3.05) is 26.8 Å². The maximum atomic E-state index is 13.4. The summed E-state index contributed by atoms with van der Waals surface area (Å²) in [7, 11) is 1.59. The number of carbonyl (C=O) groups is 1. The quantitative estimate of drug-likeness (QED) is 0.394. The molecule has 8 heteroatoms. The summed E-state index contributed by atoms with van der Waals surface area (Å²) in [6, 6.07) is 14.7. The van der Waals surface area contributed by atoms with Crippen LogP contribution in [-0.2, 0) is 16.1 Å². The lowest BCUT2D eigenvalue weighted by Gasteiger charge is -2.24. The molecule has 1 aliphatic rings. The van der Waals surface area contributed by atoms with Crippen LogP contribution in [0, 0.1) is 0 Å². The first-order valence-electron chi connectivity index (χ1n) is 10.3. The smallest absolute Gasteiger partial charge is 0.262 e. The number of benzene rings is 2. The molecule has 0 bridgehead atoms. The zero-order valence-electron chi connectivity index (χ0n) is 17.3. The van der Waals surface area contributed by atoms with Gasteiger partial charge in [-0.2, -0.15) is 0 Å². The molecular formula is C23H24ClN3O3S. The van der Waals surface area contributed by atoms with E-state index in [1.807, 2.05) is 35.2 Å². The number of hydrogen-bond donors (Lipinski definition) is 0. The lowest BCUT2D eigenvalue weighted by atomic mass is 10.1. The maximum absolute atomic E-state index is 13.4. The van der Waals surface area contributed by atoms with E-state index in [9.17, 15) is 9.59 Å². The van der Waals surface area contributed by atoms with Crippen LogP contribution in [0.1, 0.15) is 23.7 Å². The Morgan fingerprint density at radius 1 is 1.19 bits per heavy atom. The van der Waals surface area contributed by atoms with Gasteiger partial charge in [0, 0.05) is 25.2 Å². The molecule has 0 N–H and O–H groups in total. The number of likely N-dealkylation sites (tertiary alicyclic amines) is 1. The molecule has 0 spiro atoms.